The van der Waals surface area contributed by atoms with Crippen LogP contribution < -0.4 is 0 Å². The predicted octanol–water partition coefficient (Wildman–Crippen LogP) is 3.29. The van der Waals surface area contributed by atoms with Crippen LogP contribution in [-0.2, 0) is 4.79 Å². The molecule has 0 aliphatic carbocycles. The molecule has 0 bridgehead atoms. The van der Waals surface area contributed by atoms with Gasteiger partial charge in [-0.3, -0.25) is 9.79 Å². The maximum Gasteiger partial charge on any atom is 0.162 e. The van der Waals surface area contributed by atoms with Crippen LogP contribution >= 0.6 is 0 Å². The van der Waals surface area contributed by atoms with E-state index in [4.69, 9.17) is 0 Å². The van der Waals surface area contributed by atoms with Gasteiger partial charge in [0.15, 0.2) is 12.0 Å². The normalized spacial score (nSPS) is 26.6. The molecule has 0 fully saturated rings. The van der Waals surface area contributed by atoms with Crippen molar-refractivity contribution in [2.45, 2.75) is 46.3 Å². The van der Waals surface area contributed by atoms with E-state index in [1.165, 1.54) is 6.92 Å². The summed E-state index contributed by atoms with van der Waals surface area (Å²) in [5.41, 5.74) is 1.41. The smallest absolute Gasteiger partial charge is 0.162 e. The molecule has 3 heteroatoms. The van der Waals surface area contributed by atoms with E-state index in [-0.39, 0.29) is 17.7 Å². The average molecular weight is 237 g/mol. The van der Waals surface area contributed by atoms with Crippen molar-refractivity contribution < 1.29 is 9.18 Å². The fourth-order valence-corrected chi connectivity index (χ4v) is 1.79. The van der Waals surface area contributed by atoms with Crippen LogP contribution in [0.1, 0.15) is 34.1 Å². The first kappa shape index (κ1) is 13.8. The van der Waals surface area contributed by atoms with Crippen LogP contribution in [0.5, 0.6) is 0 Å². The zero-order chi connectivity index (χ0) is 13.2. The van der Waals surface area contributed by atoms with Crippen LogP contribution in [0.2, 0.25) is 0 Å². The predicted molar refractivity (Wildman–Crippen MR) is 69.2 cm³/mol. The molecule has 0 amide bonds. The van der Waals surface area contributed by atoms with E-state index < -0.39 is 6.17 Å². The van der Waals surface area contributed by atoms with E-state index in [9.17, 15) is 9.18 Å². The van der Waals surface area contributed by atoms with Gasteiger partial charge >= 0.3 is 0 Å². The molecule has 17 heavy (non-hydrogen) atoms. The van der Waals surface area contributed by atoms with Crippen molar-refractivity contribution in [1.82, 2.24) is 0 Å². The van der Waals surface area contributed by atoms with Crippen LogP contribution in [0.3, 0.4) is 0 Å². The molecular formula is C14H20FNO. The highest BCUT2D eigenvalue weighted by Gasteiger charge is 2.24. The lowest BCUT2D eigenvalue weighted by Crippen LogP contribution is -2.18. The van der Waals surface area contributed by atoms with Crippen LogP contribution in [0, 0.1) is 5.92 Å². The minimum Gasteiger partial charge on any atom is -0.295 e. The minimum absolute atomic E-state index is 0.00688. The van der Waals surface area contributed by atoms with Gasteiger partial charge in [0.25, 0.3) is 0 Å². The molecule has 0 spiro atoms. The number of allylic oxidation sites excluding steroid dienone is 3. The molecule has 1 heterocycles. The van der Waals surface area contributed by atoms with Crippen molar-refractivity contribution in [2.24, 2.45) is 10.9 Å². The highest BCUT2D eigenvalue weighted by molar-refractivity contribution is 6.07. The first-order valence-electron chi connectivity index (χ1n) is 5.91. The number of alkyl halides is 1. The number of Topliss-reactive ketones (excluding diaryl/α,β-unsaturated/α-hetero) is 1. The van der Waals surface area contributed by atoms with Gasteiger partial charge in [-0.2, -0.15) is 0 Å². The fraction of sp³-hybridized carbons (Fsp3) is 0.571. The molecule has 0 radical (unpaired) electrons. The number of hydrogen-bond acceptors (Lipinski definition) is 2. The van der Waals surface area contributed by atoms with Crippen molar-refractivity contribution in [2.75, 3.05) is 0 Å². The van der Waals surface area contributed by atoms with Gasteiger partial charge in [0.1, 0.15) is 0 Å². The van der Waals surface area contributed by atoms with E-state index in [0.717, 1.165) is 0 Å². The quantitative estimate of drug-likeness (QED) is 0.693. The number of nitrogens with zero attached hydrogens (tertiary/aromatic N) is 1. The van der Waals surface area contributed by atoms with Gasteiger partial charge in [-0.05, 0) is 50.3 Å². The number of carbonyl (C=O) groups is 1. The molecular weight excluding hydrogens is 217 g/mol. The fourth-order valence-electron chi connectivity index (χ4n) is 1.79. The third kappa shape index (κ3) is 3.35. The molecule has 1 rings (SSSR count). The van der Waals surface area contributed by atoms with Crippen LogP contribution in [0.15, 0.2) is 28.8 Å². The largest absolute Gasteiger partial charge is 0.295 e. The third-order valence-electron chi connectivity index (χ3n) is 3.18. The third-order valence-corrected chi connectivity index (χ3v) is 3.18. The Morgan fingerprint density at radius 2 is 2.12 bits per heavy atom. The lowest BCUT2D eigenvalue weighted by Gasteiger charge is -2.14. The minimum atomic E-state index is -1.28. The highest BCUT2D eigenvalue weighted by atomic mass is 19.1. The van der Waals surface area contributed by atoms with Gasteiger partial charge in [-0.15, -0.1) is 0 Å². The SMILES string of the molecule is C=C(C)C(F)C1=NC(C)C(C)CC(C(C)=O)=C1. The molecule has 2 nitrogen and oxygen atoms in total. The lowest BCUT2D eigenvalue weighted by molar-refractivity contribution is -0.113. The second-order valence-corrected chi connectivity index (χ2v) is 4.91. The Morgan fingerprint density at radius 3 is 2.59 bits per heavy atom. The molecule has 0 aromatic rings. The number of carbonyl (C=O) groups excluding carboxylic acids is 1. The van der Waals surface area contributed by atoms with Crippen molar-refractivity contribution in [3.8, 4) is 0 Å². The lowest BCUT2D eigenvalue weighted by atomic mass is 9.94. The van der Waals surface area contributed by atoms with Gasteiger partial charge in [0.2, 0.25) is 0 Å². The van der Waals surface area contributed by atoms with Gasteiger partial charge in [0.05, 0.1) is 11.8 Å². The Hall–Kier alpha value is -1.25. The Kier molecular flexibility index (Phi) is 4.38. The van der Waals surface area contributed by atoms with Gasteiger partial charge in [-0.25, -0.2) is 4.39 Å². The first-order chi connectivity index (χ1) is 7.82. The molecule has 0 aromatic heterocycles. The van der Waals surface area contributed by atoms with Crippen molar-refractivity contribution in [3.63, 3.8) is 0 Å². The molecule has 0 aromatic carbocycles. The summed E-state index contributed by atoms with van der Waals surface area (Å²) >= 11 is 0. The van der Waals surface area contributed by atoms with Crippen LogP contribution in [0.25, 0.3) is 0 Å². The van der Waals surface area contributed by atoms with Crippen molar-refractivity contribution in [1.29, 1.82) is 0 Å². The topological polar surface area (TPSA) is 29.4 Å². The zero-order valence-corrected chi connectivity index (χ0v) is 11.0. The summed E-state index contributed by atoms with van der Waals surface area (Å²) in [6.45, 7) is 10.7. The summed E-state index contributed by atoms with van der Waals surface area (Å²) in [5.74, 6) is 0.243. The highest BCUT2D eigenvalue weighted by Crippen LogP contribution is 2.24. The molecule has 94 valence electrons. The molecule has 0 saturated carbocycles. The summed E-state index contributed by atoms with van der Waals surface area (Å²) in [5, 5.41) is 0. The van der Waals surface area contributed by atoms with Crippen molar-refractivity contribution in [3.05, 3.63) is 23.8 Å². The summed E-state index contributed by atoms with van der Waals surface area (Å²) in [6, 6.07) is 0.0238. The molecule has 3 unspecified atom stereocenters. The molecule has 1 aliphatic rings. The maximum absolute atomic E-state index is 13.9. The first-order valence-corrected chi connectivity index (χ1v) is 5.91. The van der Waals surface area contributed by atoms with Gasteiger partial charge in [0, 0.05) is 0 Å². The van der Waals surface area contributed by atoms with E-state index in [1.807, 2.05) is 13.8 Å². The summed E-state index contributed by atoms with van der Waals surface area (Å²) in [4.78, 5) is 15.8. The average Bonchev–Trinajstić information content (AvgIpc) is 2.38. The van der Waals surface area contributed by atoms with Crippen LogP contribution in [0.4, 0.5) is 4.39 Å². The Balaban J connectivity index is 3.13. The van der Waals surface area contributed by atoms with Gasteiger partial charge in [-0.1, -0.05) is 13.5 Å². The van der Waals surface area contributed by atoms with E-state index in [1.54, 1.807) is 13.0 Å². The van der Waals surface area contributed by atoms with Crippen molar-refractivity contribution >= 4 is 11.5 Å². The standard InChI is InChI=1S/C14H20FNO/c1-8(2)14(15)13-7-12(11(5)17)6-9(3)10(4)16-13/h7,9-10,14H,1,6H2,2-5H3. The zero-order valence-electron chi connectivity index (χ0n) is 11.0. The van der Waals surface area contributed by atoms with E-state index >= 15 is 0 Å². The Labute approximate surface area is 102 Å². The second kappa shape index (κ2) is 5.39. The van der Waals surface area contributed by atoms with E-state index in [2.05, 4.69) is 11.6 Å². The second-order valence-electron chi connectivity index (χ2n) is 4.91. The molecule has 3 atom stereocenters. The molecule has 0 N–H and O–H groups in total. The Morgan fingerprint density at radius 1 is 1.53 bits per heavy atom. The number of halogens is 1. The van der Waals surface area contributed by atoms with Gasteiger partial charge < -0.3 is 0 Å². The number of ketones is 1. The summed E-state index contributed by atoms with van der Waals surface area (Å²) in [6.07, 6.45) is 0.978. The van der Waals surface area contributed by atoms with E-state index in [0.29, 0.717) is 23.3 Å². The maximum atomic E-state index is 13.9. The number of aliphatic imine (C=N–C) groups is 1. The summed E-state index contributed by atoms with van der Waals surface area (Å²) in [7, 11) is 0. The monoisotopic (exact) mass is 237 g/mol. The number of rotatable bonds is 3. The Bertz CT molecular complexity index is 395. The number of hydrogen-bond donors (Lipinski definition) is 0. The molecule has 1 aliphatic heterocycles. The molecule has 0 saturated heterocycles. The summed E-state index contributed by atoms with van der Waals surface area (Å²) < 4.78 is 13.9. The van der Waals surface area contributed by atoms with Crippen LogP contribution in [-0.4, -0.2) is 23.7 Å².